The number of nitrogens with zero attached hydrogens (tertiary/aromatic N) is 2. The van der Waals surface area contributed by atoms with E-state index < -0.39 is 0 Å². The molecule has 0 saturated carbocycles. The fourth-order valence-corrected chi connectivity index (χ4v) is 3.74. The zero-order valence-electron chi connectivity index (χ0n) is 14.3. The third-order valence-electron chi connectivity index (χ3n) is 4.93. The number of allylic oxidation sites excluding steroid dienone is 2. The molecule has 2 aromatic heterocycles. The van der Waals surface area contributed by atoms with Crippen molar-refractivity contribution < 1.29 is 0 Å². The molecule has 2 nitrogen and oxygen atoms in total. The van der Waals surface area contributed by atoms with Crippen molar-refractivity contribution in [2.75, 3.05) is 0 Å². The molecule has 0 N–H and O–H groups in total. The third kappa shape index (κ3) is 2.39. The number of para-hydroxylation sites is 1. The lowest BCUT2D eigenvalue weighted by molar-refractivity contribution is 1.00. The van der Waals surface area contributed by atoms with Gasteiger partial charge < -0.3 is 0 Å². The van der Waals surface area contributed by atoms with Gasteiger partial charge in [-0.25, -0.2) is 4.98 Å². The van der Waals surface area contributed by atoms with Gasteiger partial charge in [-0.2, -0.15) is 0 Å². The summed E-state index contributed by atoms with van der Waals surface area (Å²) in [6, 6.07) is 25.3. The first-order valence-electron chi connectivity index (χ1n) is 8.88. The first kappa shape index (κ1) is 14.9. The number of rotatable bonds is 2. The normalized spacial score (nSPS) is 15.8. The van der Waals surface area contributed by atoms with E-state index in [0.29, 0.717) is 0 Å². The summed E-state index contributed by atoms with van der Waals surface area (Å²) in [6.45, 7) is 0. The maximum atomic E-state index is 4.59. The zero-order chi connectivity index (χ0) is 17.3. The Balaban J connectivity index is 1.86. The molecule has 2 aromatic carbocycles. The molecule has 0 saturated heterocycles. The van der Waals surface area contributed by atoms with Crippen molar-refractivity contribution in [1.29, 1.82) is 0 Å². The van der Waals surface area contributed by atoms with E-state index in [1.807, 2.05) is 18.3 Å². The second kappa shape index (κ2) is 6.16. The summed E-state index contributed by atoms with van der Waals surface area (Å²) in [4.78, 5) is 4.59. The molecular formula is C24H18N2. The summed E-state index contributed by atoms with van der Waals surface area (Å²) in [7, 11) is 0. The first-order valence-corrected chi connectivity index (χ1v) is 8.88. The van der Waals surface area contributed by atoms with Crippen LogP contribution in [0.2, 0.25) is 0 Å². The molecule has 0 radical (unpaired) electrons. The highest BCUT2D eigenvalue weighted by molar-refractivity contribution is 5.84. The summed E-state index contributed by atoms with van der Waals surface area (Å²) < 4.78 is 2.25. The average Bonchev–Trinajstić information content (AvgIpc) is 2.86. The monoisotopic (exact) mass is 334 g/mol. The predicted octanol–water partition coefficient (Wildman–Crippen LogP) is 3.94. The van der Waals surface area contributed by atoms with Gasteiger partial charge in [0.1, 0.15) is 5.82 Å². The Morgan fingerprint density at radius 3 is 2.46 bits per heavy atom. The molecule has 1 unspecified atom stereocenters. The van der Waals surface area contributed by atoms with Gasteiger partial charge in [-0.3, -0.25) is 4.57 Å². The van der Waals surface area contributed by atoms with Crippen molar-refractivity contribution in [3.8, 4) is 5.82 Å². The molecule has 0 spiro atoms. The van der Waals surface area contributed by atoms with Crippen molar-refractivity contribution in [2.24, 2.45) is 0 Å². The van der Waals surface area contributed by atoms with Crippen molar-refractivity contribution in [3.63, 3.8) is 0 Å². The molecule has 2 heterocycles. The molecule has 124 valence electrons. The third-order valence-corrected chi connectivity index (χ3v) is 4.93. The lowest BCUT2D eigenvalue weighted by Gasteiger charge is -2.06. The number of hydrogen-bond donors (Lipinski definition) is 0. The van der Waals surface area contributed by atoms with E-state index in [1.165, 1.54) is 27.0 Å². The highest BCUT2D eigenvalue weighted by atomic mass is 15.1. The fraction of sp³-hybridized carbons (Fsp3) is 0.0417. The number of aromatic nitrogens is 2. The summed E-state index contributed by atoms with van der Waals surface area (Å²) in [5.41, 5.74) is 2.49. The second-order valence-corrected chi connectivity index (χ2v) is 6.49. The summed E-state index contributed by atoms with van der Waals surface area (Å²) in [6.07, 6.45) is 10.8. The van der Waals surface area contributed by atoms with E-state index in [9.17, 15) is 0 Å². The smallest absolute Gasteiger partial charge is 0.137 e. The minimum atomic E-state index is 0.261. The van der Waals surface area contributed by atoms with E-state index in [4.69, 9.17) is 0 Å². The predicted molar refractivity (Wildman–Crippen MR) is 108 cm³/mol. The van der Waals surface area contributed by atoms with Gasteiger partial charge in [0.15, 0.2) is 0 Å². The number of hydrogen-bond acceptors (Lipinski definition) is 1. The molecule has 1 atom stereocenters. The van der Waals surface area contributed by atoms with Crippen molar-refractivity contribution >= 4 is 23.1 Å². The van der Waals surface area contributed by atoms with Gasteiger partial charge in [-0.1, -0.05) is 72.8 Å². The van der Waals surface area contributed by atoms with E-state index in [2.05, 4.69) is 94.5 Å². The van der Waals surface area contributed by atoms with E-state index >= 15 is 0 Å². The van der Waals surface area contributed by atoms with Crippen LogP contribution in [0.1, 0.15) is 11.5 Å². The van der Waals surface area contributed by atoms with Crippen molar-refractivity contribution in [2.45, 2.75) is 5.92 Å². The van der Waals surface area contributed by atoms with E-state index in [0.717, 1.165) is 5.82 Å². The summed E-state index contributed by atoms with van der Waals surface area (Å²) in [5, 5.41) is 3.71. The molecule has 5 rings (SSSR count). The van der Waals surface area contributed by atoms with Gasteiger partial charge in [0, 0.05) is 22.7 Å². The topological polar surface area (TPSA) is 17.8 Å². The molecule has 0 fully saturated rings. The van der Waals surface area contributed by atoms with Crippen LogP contribution in [-0.4, -0.2) is 9.55 Å². The Morgan fingerprint density at radius 1 is 0.808 bits per heavy atom. The summed E-state index contributed by atoms with van der Waals surface area (Å²) >= 11 is 0. The van der Waals surface area contributed by atoms with Crippen LogP contribution >= 0.6 is 0 Å². The zero-order valence-corrected chi connectivity index (χ0v) is 14.3. The second-order valence-electron chi connectivity index (χ2n) is 6.49. The highest BCUT2D eigenvalue weighted by Gasteiger charge is 2.13. The molecule has 0 aliphatic heterocycles. The minimum Gasteiger partial charge on any atom is -0.294 e. The molecule has 0 amide bonds. The van der Waals surface area contributed by atoms with Crippen LogP contribution in [0, 0.1) is 0 Å². The van der Waals surface area contributed by atoms with Crippen molar-refractivity contribution in [1.82, 2.24) is 9.55 Å². The van der Waals surface area contributed by atoms with Crippen LogP contribution in [0.25, 0.3) is 28.9 Å². The maximum Gasteiger partial charge on any atom is 0.137 e. The van der Waals surface area contributed by atoms with Crippen LogP contribution in [0.4, 0.5) is 0 Å². The van der Waals surface area contributed by atoms with Gasteiger partial charge in [0.25, 0.3) is 0 Å². The molecular weight excluding hydrogens is 316 g/mol. The Kier molecular flexibility index (Phi) is 3.53. The van der Waals surface area contributed by atoms with Crippen molar-refractivity contribution in [3.05, 3.63) is 107 Å². The quantitative estimate of drug-likeness (QED) is 0.543. The maximum absolute atomic E-state index is 4.59. The van der Waals surface area contributed by atoms with Gasteiger partial charge in [0.2, 0.25) is 0 Å². The van der Waals surface area contributed by atoms with E-state index in [1.54, 1.807) is 0 Å². The Hall–Kier alpha value is -3.39. The van der Waals surface area contributed by atoms with E-state index in [-0.39, 0.29) is 5.92 Å². The fourth-order valence-electron chi connectivity index (χ4n) is 3.74. The molecule has 0 bridgehead atoms. The van der Waals surface area contributed by atoms with Gasteiger partial charge in [0.05, 0.1) is 10.9 Å². The Labute approximate surface area is 152 Å². The van der Waals surface area contributed by atoms with Crippen LogP contribution in [0.15, 0.2) is 91.1 Å². The number of pyridine rings is 1. The lowest BCUT2D eigenvalue weighted by atomic mass is 9.98. The van der Waals surface area contributed by atoms with Gasteiger partial charge in [-0.15, -0.1) is 0 Å². The van der Waals surface area contributed by atoms with Crippen LogP contribution in [0.3, 0.4) is 0 Å². The van der Waals surface area contributed by atoms with Crippen LogP contribution in [0.5, 0.6) is 0 Å². The Morgan fingerprint density at radius 2 is 1.62 bits per heavy atom. The Bertz CT molecular complexity index is 1220. The molecule has 1 aliphatic rings. The minimum absolute atomic E-state index is 0.261. The van der Waals surface area contributed by atoms with Gasteiger partial charge >= 0.3 is 0 Å². The molecule has 1 aliphatic carbocycles. The SMILES string of the molecule is C1=CC(c2ccccc2)C=c2c(n(-c3ccccn3)c3ccccc23)=C1. The number of benzene rings is 2. The van der Waals surface area contributed by atoms with Crippen LogP contribution < -0.4 is 10.6 Å². The molecule has 4 aromatic rings. The van der Waals surface area contributed by atoms with Gasteiger partial charge in [-0.05, 0) is 29.8 Å². The summed E-state index contributed by atoms with van der Waals surface area (Å²) in [5.74, 6) is 1.21. The first-order chi connectivity index (χ1) is 12.9. The molecule has 26 heavy (non-hydrogen) atoms. The largest absolute Gasteiger partial charge is 0.294 e. The standard InChI is InChI=1S/C24H18N2/c1-2-9-18(10-3-1)19-11-8-14-23-21(17-19)20-12-4-5-13-22(20)26(23)24-15-6-7-16-25-24/h1-17,19H. The lowest BCUT2D eigenvalue weighted by Crippen LogP contribution is -2.28. The highest BCUT2D eigenvalue weighted by Crippen LogP contribution is 2.21. The molecule has 2 heteroatoms. The van der Waals surface area contributed by atoms with Crippen LogP contribution in [-0.2, 0) is 0 Å². The average molecular weight is 334 g/mol. The number of fused-ring (bicyclic) bond motifs is 3.